The fourth-order valence-electron chi connectivity index (χ4n) is 3.72. The summed E-state index contributed by atoms with van der Waals surface area (Å²) in [5, 5.41) is 6.18. The molecule has 1 saturated heterocycles. The highest BCUT2D eigenvalue weighted by Crippen LogP contribution is 2.19. The summed E-state index contributed by atoms with van der Waals surface area (Å²) in [7, 11) is 4.00. The minimum absolute atomic E-state index is 0.792. The molecule has 26 heavy (non-hydrogen) atoms. The van der Waals surface area contributed by atoms with Gasteiger partial charge in [0.2, 0.25) is 0 Å². The van der Waals surface area contributed by atoms with Crippen molar-refractivity contribution in [3.63, 3.8) is 0 Å². The van der Waals surface area contributed by atoms with E-state index < -0.39 is 0 Å². The first-order chi connectivity index (χ1) is 12.8. The van der Waals surface area contributed by atoms with Gasteiger partial charge in [-0.1, -0.05) is 42.5 Å². The van der Waals surface area contributed by atoms with Crippen LogP contribution in [0.3, 0.4) is 0 Å². The Balaban J connectivity index is 1.48. The minimum atomic E-state index is 0.792. The molecule has 0 saturated carbocycles. The summed E-state index contributed by atoms with van der Waals surface area (Å²) in [5.41, 5.74) is 1.39. The largest absolute Gasteiger partial charge is 0.381 e. The number of aliphatic imine (C=N–C) groups is 1. The zero-order chi connectivity index (χ0) is 18.2. The van der Waals surface area contributed by atoms with Crippen molar-refractivity contribution in [2.45, 2.75) is 25.7 Å². The molecular weight excluding hydrogens is 322 g/mol. The van der Waals surface area contributed by atoms with Crippen LogP contribution in [0.4, 0.5) is 0 Å². The molecule has 2 aromatic rings. The van der Waals surface area contributed by atoms with Gasteiger partial charge in [-0.3, -0.25) is 4.99 Å². The van der Waals surface area contributed by atoms with E-state index in [1.807, 2.05) is 7.05 Å². The highest BCUT2D eigenvalue weighted by Gasteiger charge is 2.15. The molecule has 1 aliphatic heterocycles. The molecule has 1 fully saturated rings. The predicted octanol–water partition coefficient (Wildman–Crippen LogP) is 3.71. The number of hydrogen-bond acceptors (Lipinski definition) is 2. The Kier molecular flexibility index (Phi) is 6.89. The fourth-order valence-corrected chi connectivity index (χ4v) is 3.72. The maximum Gasteiger partial charge on any atom is 0.193 e. The zero-order valence-corrected chi connectivity index (χ0v) is 16.1. The molecule has 4 heteroatoms. The Morgan fingerprint density at radius 2 is 1.92 bits per heavy atom. The average Bonchev–Trinajstić information content (AvgIpc) is 2.70. The average molecular weight is 354 g/mol. The number of rotatable bonds is 6. The summed E-state index contributed by atoms with van der Waals surface area (Å²) in [6.07, 6.45) is 4.60. The smallest absolute Gasteiger partial charge is 0.193 e. The number of benzene rings is 2. The molecule has 0 bridgehead atoms. The van der Waals surface area contributed by atoms with E-state index in [4.69, 9.17) is 4.74 Å². The SMILES string of the molecule is CN=C(NCCc1cccc2ccccc12)N(C)CCC1CCOCC1. The van der Waals surface area contributed by atoms with Gasteiger partial charge in [0.15, 0.2) is 5.96 Å². The van der Waals surface area contributed by atoms with E-state index in [9.17, 15) is 0 Å². The van der Waals surface area contributed by atoms with Gasteiger partial charge in [-0.15, -0.1) is 0 Å². The third kappa shape index (κ3) is 4.98. The molecule has 0 spiro atoms. The molecule has 1 heterocycles. The number of nitrogens with one attached hydrogen (secondary N) is 1. The van der Waals surface area contributed by atoms with Crippen LogP contribution in [0.25, 0.3) is 10.8 Å². The van der Waals surface area contributed by atoms with Crippen LogP contribution < -0.4 is 5.32 Å². The van der Waals surface area contributed by atoms with E-state index >= 15 is 0 Å². The van der Waals surface area contributed by atoms with Gasteiger partial charge in [0.05, 0.1) is 0 Å². The van der Waals surface area contributed by atoms with E-state index in [-0.39, 0.29) is 0 Å². The van der Waals surface area contributed by atoms with Crippen LogP contribution in [0.2, 0.25) is 0 Å². The van der Waals surface area contributed by atoms with Crippen LogP contribution in [-0.2, 0) is 11.2 Å². The second kappa shape index (κ2) is 9.58. The summed E-state index contributed by atoms with van der Waals surface area (Å²) < 4.78 is 5.45. The number of fused-ring (bicyclic) bond motifs is 1. The summed E-state index contributed by atoms with van der Waals surface area (Å²) >= 11 is 0. The second-order valence-electron chi connectivity index (χ2n) is 7.13. The summed E-state index contributed by atoms with van der Waals surface area (Å²) in [4.78, 5) is 6.70. The van der Waals surface area contributed by atoms with Crippen molar-refractivity contribution in [2.75, 3.05) is 40.4 Å². The normalized spacial score (nSPS) is 16.0. The van der Waals surface area contributed by atoms with Gasteiger partial charge >= 0.3 is 0 Å². The van der Waals surface area contributed by atoms with Crippen molar-refractivity contribution in [2.24, 2.45) is 10.9 Å². The molecule has 0 aromatic heterocycles. The molecule has 0 radical (unpaired) electrons. The molecule has 140 valence electrons. The Labute approximate surface area is 157 Å². The van der Waals surface area contributed by atoms with Gasteiger partial charge in [0, 0.05) is 40.4 Å². The second-order valence-corrected chi connectivity index (χ2v) is 7.13. The van der Waals surface area contributed by atoms with Crippen molar-refractivity contribution in [3.8, 4) is 0 Å². The summed E-state index contributed by atoms with van der Waals surface area (Å²) in [6, 6.07) is 15.1. The first-order valence-electron chi connectivity index (χ1n) is 9.74. The first kappa shape index (κ1) is 18.7. The van der Waals surface area contributed by atoms with Gasteiger partial charge in [-0.25, -0.2) is 0 Å². The molecular formula is C22H31N3O. The van der Waals surface area contributed by atoms with Crippen molar-refractivity contribution < 1.29 is 4.74 Å². The van der Waals surface area contributed by atoms with Crippen molar-refractivity contribution in [1.82, 2.24) is 10.2 Å². The number of ether oxygens (including phenoxy) is 1. The maximum atomic E-state index is 5.45. The van der Waals surface area contributed by atoms with E-state index in [0.29, 0.717) is 0 Å². The van der Waals surface area contributed by atoms with E-state index in [2.05, 4.69) is 64.7 Å². The van der Waals surface area contributed by atoms with Gasteiger partial charge in [0.25, 0.3) is 0 Å². The van der Waals surface area contributed by atoms with Crippen LogP contribution in [0.1, 0.15) is 24.8 Å². The van der Waals surface area contributed by atoms with E-state index in [1.165, 1.54) is 35.6 Å². The standard InChI is InChI=1S/C22H31N3O/c1-23-22(25(2)15-11-18-12-16-26-17-13-18)24-14-10-20-8-5-7-19-6-3-4-9-21(19)20/h3-9,18H,10-17H2,1-2H3,(H,23,24). The lowest BCUT2D eigenvalue weighted by atomic mass is 9.96. The fraction of sp³-hybridized carbons (Fsp3) is 0.500. The summed E-state index contributed by atoms with van der Waals surface area (Å²) in [6.45, 7) is 3.78. The molecule has 0 aliphatic carbocycles. The maximum absolute atomic E-state index is 5.45. The Morgan fingerprint density at radius 1 is 1.15 bits per heavy atom. The van der Waals surface area contributed by atoms with E-state index in [1.54, 1.807) is 0 Å². The van der Waals surface area contributed by atoms with Crippen LogP contribution in [0.15, 0.2) is 47.5 Å². The van der Waals surface area contributed by atoms with Crippen LogP contribution in [0, 0.1) is 5.92 Å². The van der Waals surface area contributed by atoms with Gasteiger partial charge in [-0.05, 0) is 47.9 Å². The van der Waals surface area contributed by atoms with Gasteiger partial charge in [-0.2, -0.15) is 0 Å². The summed E-state index contributed by atoms with van der Waals surface area (Å²) in [5.74, 6) is 1.78. The van der Waals surface area contributed by atoms with Crippen molar-refractivity contribution in [3.05, 3.63) is 48.0 Å². The lowest BCUT2D eigenvalue weighted by Gasteiger charge is -2.26. The molecule has 4 nitrogen and oxygen atoms in total. The molecule has 0 unspecified atom stereocenters. The van der Waals surface area contributed by atoms with Crippen LogP contribution in [0.5, 0.6) is 0 Å². The lowest BCUT2D eigenvalue weighted by molar-refractivity contribution is 0.0625. The Morgan fingerprint density at radius 3 is 2.73 bits per heavy atom. The van der Waals surface area contributed by atoms with E-state index in [0.717, 1.165) is 44.6 Å². The quantitative estimate of drug-likeness (QED) is 0.635. The van der Waals surface area contributed by atoms with Crippen LogP contribution in [-0.4, -0.2) is 51.3 Å². The Bertz CT molecular complexity index is 717. The van der Waals surface area contributed by atoms with Crippen molar-refractivity contribution in [1.29, 1.82) is 0 Å². The van der Waals surface area contributed by atoms with Crippen LogP contribution >= 0.6 is 0 Å². The molecule has 3 rings (SSSR count). The zero-order valence-electron chi connectivity index (χ0n) is 16.1. The number of guanidine groups is 1. The molecule has 0 atom stereocenters. The number of nitrogens with zero attached hydrogens (tertiary/aromatic N) is 2. The highest BCUT2D eigenvalue weighted by molar-refractivity contribution is 5.85. The lowest BCUT2D eigenvalue weighted by Crippen LogP contribution is -2.40. The minimum Gasteiger partial charge on any atom is -0.381 e. The molecule has 0 amide bonds. The monoisotopic (exact) mass is 353 g/mol. The Hall–Kier alpha value is -2.07. The third-order valence-corrected chi connectivity index (χ3v) is 5.34. The number of hydrogen-bond donors (Lipinski definition) is 1. The highest BCUT2D eigenvalue weighted by atomic mass is 16.5. The topological polar surface area (TPSA) is 36.9 Å². The predicted molar refractivity (Wildman–Crippen MR) is 110 cm³/mol. The molecule has 1 N–H and O–H groups in total. The van der Waals surface area contributed by atoms with Crippen molar-refractivity contribution >= 4 is 16.7 Å². The molecule has 1 aliphatic rings. The third-order valence-electron chi connectivity index (χ3n) is 5.34. The van der Waals surface area contributed by atoms with Gasteiger partial charge < -0.3 is 15.0 Å². The first-order valence-corrected chi connectivity index (χ1v) is 9.74. The van der Waals surface area contributed by atoms with Gasteiger partial charge in [0.1, 0.15) is 0 Å². The molecule has 2 aromatic carbocycles.